The zero-order valence-electron chi connectivity index (χ0n) is 23.8. The van der Waals surface area contributed by atoms with Crippen LogP contribution in [0.1, 0.15) is 40.5 Å². The maximum absolute atomic E-state index is 14.0. The van der Waals surface area contributed by atoms with Gasteiger partial charge in [-0.05, 0) is 31.3 Å². The van der Waals surface area contributed by atoms with Gasteiger partial charge in [-0.2, -0.15) is 0 Å². The molecule has 16 atom stereocenters. The SMILES string of the molecule is COC1=CC(C)C2C[C@H]3OC(O[C@@H]4O[C@H](CO)C(O)[C@H](O)C4O)C[C@H]4[C@](C)(O)[C@H](OC)C(O)C([C@@]2(C)C1=O)[C@@]34C. The maximum Gasteiger partial charge on any atom is 0.203 e. The van der Waals surface area contributed by atoms with Crippen molar-refractivity contribution < 1.29 is 59.1 Å². The van der Waals surface area contributed by atoms with Crippen LogP contribution in [0.3, 0.4) is 0 Å². The highest BCUT2D eigenvalue weighted by Crippen LogP contribution is 2.69. The summed E-state index contributed by atoms with van der Waals surface area (Å²) in [5.41, 5.74) is -3.50. The third kappa shape index (κ3) is 3.99. The minimum Gasteiger partial charge on any atom is -0.493 e. The molecule has 5 rings (SSSR count). The van der Waals surface area contributed by atoms with Gasteiger partial charge in [-0.25, -0.2) is 0 Å². The molecule has 0 radical (unpaired) electrons. The Balaban J connectivity index is 1.55. The Hall–Kier alpha value is -1.19. The van der Waals surface area contributed by atoms with E-state index in [-0.39, 0.29) is 29.8 Å². The van der Waals surface area contributed by atoms with Crippen LogP contribution in [0.5, 0.6) is 0 Å². The van der Waals surface area contributed by atoms with E-state index in [0.717, 1.165) is 0 Å². The highest BCUT2D eigenvalue weighted by Gasteiger charge is 2.75. The van der Waals surface area contributed by atoms with Crippen molar-refractivity contribution in [2.45, 2.75) is 101 Å². The van der Waals surface area contributed by atoms with E-state index in [0.29, 0.717) is 6.42 Å². The quantitative estimate of drug-likeness (QED) is 0.238. The van der Waals surface area contributed by atoms with Gasteiger partial charge in [-0.1, -0.05) is 20.8 Å². The normalized spacial score (nSPS) is 56.1. The molecule has 6 N–H and O–H groups in total. The molecule has 2 saturated carbocycles. The zero-order chi connectivity index (χ0) is 29.5. The first-order chi connectivity index (χ1) is 18.7. The van der Waals surface area contributed by atoms with E-state index in [1.807, 2.05) is 20.8 Å². The van der Waals surface area contributed by atoms with Crippen molar-refractivity contribution in [3.8, 4) is 0 Å². The molecule has 0 aromatic carbocycles. The predicted octanol–water partition coefficient (Wildman–Crippen LogP) is -0.928. The Kier molecular flexibility index (Phi) is 7.73. The molecule has 12 nitrogen and oxygen atoms in total. The summed E-state index contributed by atoms with van der Waals surface area (Å²) in [5, 5.41) is 64.4. The lowest BCUT2D eigenvalue weighted by Crippen LogP contribution is -2.78. The van der Waals surface area contributed by atoms with Gasteiger partial charge >= 0.3 is 0 Å². The first-order valence-electron chi connectivity index (χ1n) is 14.0. The van der Waals surface area contributed by atoms with Crippen LogP contribution < -0.4 is 0 Å². The number of aliphatic hydroxyl groups is 6. The molecule has 0 bridgehead atoms. The van der Waals surface area contributed by atoms with Gasteiger partial charge in [-0.3, -0.25) is 4.79 Å². The molecule has 7 unspecified atom stereocenters. The highest BCUT2D eigenvalue weighted by atomic mass is 16.8. The molecule has 0 aromatic heterocycles. The van der Waals surface area contributed by atoms with Crippen molar-refractivity contribution in [3.05, 3.63) is 11.8 Å². The first-order valence-corrected chi connectivity index (χ1v) is 14.0. The van der Waals surface area contributed by atoms with Gasteiger partial charge in [0, 0.05) is 36.2 Å². The number of hydrogen-bond acceptors (Lipinski definition) is 12. The van der Waals surface area contributed by atoms with Gasteiger partial charge in [0.25, 0.3) is 0 Å². The van der Waals surface area contributed by atoms with E-state index in [2.05, 4.69) is 0 Å². The molecule has 2 aliphatic heterocycles. The Labute approximate surface area is 233 Å². The fraction of sp³-hybridized carbons (Fsp3) is 0.893. The molecule has 0 amide bonds. The van der Waals surface area contributed by atoms with E-state index >= 15 is 0 Å². The molecule has 2 saturated heterocycles. The average molecular weight is 573 g/mol. The smallest absolute Gasteiger partial charge is 0.203 e. The van der Waals surface area contributed by atoms with Gasteiger partial charge in [0.05, 0.1) is 31.5 Å². The number of methoxy groups -OCH3 is 2. The molecule has 0 spiro atoms. The number of hydrogen-bond donors (Lipinski definition) is 6. The number of carbonyl (C=O) groups is 1. The van der Waals surface area contributed by atoms with Crippen LogP contribution in [-0.2, 0) is 28.5 Å². The number of aliphatic hydroxyl groups excluding tert-OH is 5. The first kappa shape index (κ1) is 30.3. The van der Waals surface area contributed by atoms with Gasteiger partial charge in [-0.15, -0.1) is 0 Å². The van der Waals surface area contributed by atoms with E-state index in [1.165, 1.54) is 14.2 Å². The summed E-state index contributed by atoms with van der Waals surface area (Å²) in [6.07, 6.45) is -8.85. The number of ether oxygens (including phenoxy) is 5. The monoisotopic (exact) mass is 572 g/mol. The van der Waals surface area contributed by atoms with Gasteiger partial charge in [0.15, 0.2) is 18.3 Å². The van der Waals surface area contributed by atoms with Crippen molar-refractivity contribution in [2.75, 3.05) is 20.8 Å². The summed E-state index contributed by atoms with van der Waals surface area (Å²) in [4.78, 5) is 14.0. The number of rotatable bonds is 5. The van der Waals surface area contributed by atoms with Crippen LogP contribution in [0, 0.1) is 34.5 Å². The van der Waals surface area contributed by atoms with Crippen LogP contribution in [0.2, 0.25) is 0 Å². The summed E-state index contributed by atoms with van der Waals surface area (Å²) in [7, 11) is 2.87. The lowest BCUT2D eigenvalue weighted by molar-refractivity contribution is -0.392. The molecule has 2 heterocycles. The fourth-order valence-electron chi connectivity index (χ4n) is 9.17. The summed E-state index contributed by atoms with van der Waals surface area (Å²) >= 11 is 0. The Morgan fingerprint density at radius 1 is 1.00 bits per heavy atom. The highest BCUT2D eigenvalue weighted by molar-refractivity contribution is 5.99. The van der Waals surface area contributed by atoms with E-state index in [4.69, 9.17) is 23.7 Å². The minimum absolute atomic E-state index is 0.0911. The fourth-order valence-corrected chi connectivity index (χ4v) is 9.17. The van der Waals surface area contributed by atoms with Gasteiger partial charge < -0.3 is 54.3 Å². The number of allylic oxidation sites excluding steroid dienone is 2. The molecule has 12 heteroatoms. The van der Waals surface area contributed by atoms with Crippen molar-refractivity contribution >= 4 is 5.78 Å². The summed E-state index contributed by atoms with van der Waals surface area (Å²) in [6.45, 7) is 6.80. The Morgan fingerprint density at radius 3 is 2.27 bits per heavy atom. The number of carbonyl (C=O) groups excluding carboxylic acids is 1. The Morgan fingerprint density at radius 2 is 1.68 bits per heavy atom. The molecular weight excluding hydrogens is 528 g/mol. The van der Waals surface area contributed by atoms with Crippen LogP contribution in [-0.4, -0.2) is 118 Å². The van der Waals surface area contributed by atoms with Gasteiger partial charge in [0.1, 0.15) is 30.5 Å². The minimum atomic E-state index is -1.62. The number of ketones is 1. The van der Waals surface area contributed by atoms with Gasteiger partial charge in [0.2, 0.25) is 5.78 Å². The van der Waals surface area contributed by atoms with E-state index in [1.54, 1.807) is 13.0 Å². The predicted molar refractivity (Wildman–Crippen MR) is 136 cm³/mol. The molecule has 228 valence electrons. The Bertz CT molecular complexity index is 1020. The molecule has 5 aliphatic rings. The molecule has 40 heavy (non-hydrogen) atoms. The summed E-state index contributed by atoms with van der Waals surface area (Å²) < 4.78 is 29.3. The van der Waals surface area contributed by atoms with E-state index < -0.39 is 90.2 Å². The second-order valence-electron chi connectivity index (χ2n) is 12.9. The van der Waals surface area contributed by atoms with Crippen molar-refractivity contribution in [1.82, 2.24) is 0 Å². The van der Waals surface area contributed by atoms with Crippen molar-refractivity contribution in [2.24, 2.45) is 34.5 Å². The lowest BCUT2D eigenvalue weighted by Gasteiger charge is -2.71. The molecule has 0 aromatic rings. The third-order valence-corrected chi connectivity index (χ3v) is 11.0. The van der Waals surface area contributed by atoms with Crippen LogP contribution in [0.15, 0.2) is 11.8 Å². The average Bonchev–Trinajstić information content (AvgIpc) is 2.89. The topological polar surface area (TPSA) is 185 Å². The zero-order valence-corrected chi connectivity index (χ0v) is 23.8. The lowest BCUT2D eigenvalue weighted by atomic mass is 9.37. The molecule has 3 aliphatic carbocycles. The second kappa shape index (κ2) is 10.2. The third-order valence-electron chi connectivity index (χ3n) is 11.0. The number of fused-ring (bicyclic) bond motifs is 2. The second-order valence-corrected chi connectivity index (χ2v) is 12.9. The van der Waals surface area contributed by atoms with Crippen LogP contribution in [0.4, 0.5) is 0 Å². The largest absolute Gasteiger partial charge is 0.493 e. The summed E-state index contributed by atoms with van der Waals surface area (Å²) in [6, 6.07) is 0. The van der Waals surface area contributed by atoms with E-state index in [9.17, 15) is 35.4 Å². The van der Waals surface area contributed by atoms with Crippen molar-refractivity contribution in [1.29, 1.82) is 0 Å². The molecule has 4 fully saturated rings. The number of Topliss-reactive ketones (excluding diaryl/α,β-unsaturated/α-hetero) is 1. The maximum atomic E-state index is 14.0. The van der Waals surface area contributed by atoms with Crippen LogP contribution in [0.25, 0.3) is 0 Å². The summed E-state index contributed by atoms with van der Waals surface area (Å²) in [5.74, 6) is -1.53. The van der Waals surface area contributed by atoms with Crippen molar-refractivity contribution in [3.63, 3.8) is 0 Å². The van der Waals surface area contributed by atoms with Crippen LogP contribution >= 0.6 is 0 Å². The molecular formula is C28H44O12. The standard InChI is InChI=1S/C28H44O12/c1-11-7-13(36-5)23(34)26(2)12(11)8-16-27(3)15(28(4,35)24(37-6)21(33)22(26)27)9-17(39-16)40-25-20(32)19(31)18(30)14(10-29)38-25/h7,11-12,14-22,24-25,29-33,35H,8-10H2,1-6H3/t11?,12?,14-,15-,16-,17?,18?,19+,20?,21?,22?,24-,25+,26+,27-,28+/m1/s1.